The maximum absolute atomic E-state index is 14.2. The van der Waals surface area contributed by atoms with Crippen LogP contribution in [0.2, 0.25) is 0 Å². The van der Waals surface area contributed by atoms with Gasteiger partial charge in [-0.15, -0.1) is 5.10 Å². The summed E-state index contributed by atoms with van der Waals surface area (Å²) in [7, 11) is 0. The van der Waals surface area contributed by atoms with E-state index in [1.165, 1.54) is 32.0 Å². The van der Waals surface area contributed by atoms with E-state index < -0.39 is 22.5 Å². The summed E-state index contributed by atoms with van der Waals surface area (Å²) in [5, 5.41) is 7.84. The van der Waals surface area contributed by atoms with E-state index in [2.05, 4.69) is 10.4 Å². The van der Waals surface area contributed by atoms with E-state index in [-0.39, 0.29) is 11.1 Å². The van der Waals surface area contributed by atoms with Gasteiger partial charge in [-0.05, 0) is 41.9 Å². The van der Waals surface area contributed by atoms with Crippen LogP contribution in [-0.4, -0.2) is 34.4 Å². The molecule has 0 radical (unpaired) electrons. The molecule has 2 heterocycles. The maximum Gasteiger partial charge on any atom is 0.270 e. The molecular weight excluding hydrogens is 407 g/mol. The van der Waals surface area contributed by atoms with Crippen LogP contribution < -0.4 is 10.2 Å². The number of nitrogens with zero attached hydrogens (tertiary/aromatic N) is 3. The first-order chi connectivity index (χ1) is 14.3. The first kappa shape index (κ1) is 20.1. The van der Waals surface area contributed by atoms with Crippen LogP contribution in [0.1, 0.15) is 25.0 Å². The van der Waals surface area contributed by atoms with E-state index in [0.29, 0.717) is 24.2 Å². The number of hydrogen-bond acceptors (Lipinski definition) is 5. The molecule has 0 fully saturated rings. The van der Waals surface area contributed by atoms with E-state index in [4.69, 9.17) is 0 Å². The van der Waals surface area contributed by atoms with Gasteiger partial charge in [-0.25, -0.2) is 4.39 Å². The number of hydrogen-bond donors (Lipinski definition) is 1. The highest BCUT2D eigenvalue weighted by Gasteiger charge is 2.61. The Morgan fingerprint density at radius 3 is 2.57 bits per heavy atom. The zero-order valence-corrected chi connectivity index (χ0v) is 17.2. The first-order valence-corrected chi connectivity index (χ1v) is 10.2. The zero-order valence-electron chi connectivity index (χ0n) is 16.4. The molecule has 0 unspecified atom stereocenters. The van der Waals surface area contributed by atoms with E-state index in [9.17, 15) is 18.8 Å². The molecule has 7 nitrogen and oxygen atoms in total. The number of anilines is 1. The number of fused-ring (bicyclic) bond motifs is 2. The van der Waals surface area contributed by atoms with Crippen LogP contribution in [0.5, 0.6) is 0 Å². The van der Waals surface area contributed by atoms with Crippen LogP contribution in [-0.2, 0) is 25.7 Å². The second kappa shape index (κ2) is 7.56. The smallest absolute Gasteiger partial charge is 0.270 e. The van der Waals surface area contributed by atoms with Crippen LogP contribution in [0.25, 0.3) is 0 Å². The lowest BCUT2D eigenvalue weighted by Gasteiger charge is -2.29. The van der Waals surface area contributed by atoms with E-state index in [0.717, 1.165) is 22.3 Å². The number of nitrogens with one attached hydrogen (secondary N) is 1. The highest BCUT2D eigenvalue weighted by Crippen LogP contribution is 2.54. The van der Waals surface area contributed by atoms with Gasteiger partial charge in [-0.2, -0.15) is 5.01 Å². The third kappa shape index (κ3) is 3.24. The highest BCUT2D eigenvalue weighted by atomic mass is 32.2. The van der Waals surface area contributed by atoms with Crippen LogP contribution >= 0.6 is 11.8 Å². The molecule has 4 rings (SSSR count). The van der Waals surface area contributed by atoms with Gasteiger partial charge in [0.15, 0.2) is 5.17 Å². The average molecular weight is 426 g/mol. The summed E-state index contributed by atoms with van der Waals surface area (Å²) < 4.78 is 14.2. The van der Waals surface area contributed by atoms with Crippen molar-refractivity contribution in [1.29, 1.82) is 0 Å². The minimum Gasteiger partial charge on any atom is -0.308 e. The maximum atomic E-state index is 14.2. The van der Waals surface area contributed by atoms with Crippen molar-refractivity contribution >= 4 is 40.3 Å². The van der Waals surface area contributed by atoms with Crippen molar-refractivity contribution in [2.75, 3.05) is 11.4 Å². The number of rotatable bonds is 3. The molecule has 0 aliphatic carbocycles. The Morgan fingerprint density at radius 1 is 1.17 bits per heavy atom. The quantitative estimate of drug-likeness (QED) is 0.818. The van der Waals surface area contributed by atoms with Crippen molar-refractivity contribution in [1.82, 2.24) is 10.3 Å². The van der Waals surface area contributed by atoms with Crippen molar-refractivity contribution in [2.24, 2.45) is 5.10 Å². The fourth-order valence-corrected chi connectivity index (χ4v) is 5.02. The molecule has 1 N–H and O–H groups in total. The number of amides is 3. The van der Waals surface area contributed by atoms with Crippen LogP contribution in [0.15, 0.2) is 53.6 Å². The molecule has 0 saturated carbocycles. The normalized spacial score (nSPS) is 19.8. The summed E-state index contributed by atoms with van der Waals surface area (Å²) in [5.41, 5.74) is 1.91. The zero-order chi connectivity index (χ0) is 21.5. The minimum absolute atomic E-state index is 0.117. The summed E-state index contributed by atoms with van der Waals surface area (Å²) >= 11 is 0.936. The fourth-order valence-electron chi connectivity index (χ4n) is 3.69. The SMILES string of the molecule is CC(=O)NC1=NN(C(C)=O)[C@]2(S1)C(=O)N(CCc1ccccc1)c1ccc(F)cc12. The monoisotopic (exact) mass is 426 g/mol. The summed E-state index contributed by atoms with van der Waals surface area (Å²) in [6.07, 6.45) is 0.587. The van der Waals surface area contributed by atoms with Crippen molar-refractivity contribution < 1.29 is 18.8 Å². The second-order valence-corrected chi connectivity index (χ2v) is 8.20. The topological polar surface area (TPSA) is 82.1 Å². The van der Waals surface area contributed by atoms with Gasteiger partial charge in [-0.3, -0.25) is 14.4 Å². The number of thioether (sulfide) groups is 1. The molecule has 3 amide bonds. The van der Waals surface area contributed by atoms with E-state index in [1.54, 1.807) is 4.90 Å². The summed E-state index contributed by atoms with van der Waals surface area (Å²) in [6.45, 7) is 2.94. The molecule has 2 aromatic carbocycles. The first-order valence-electron chi connectivity index (χ1n) is 9.35. The van der Waals surface area contributed by atoms with Gasteiger partial charge in [0.2, 0.25) is 16.7 Å². The molecule has 0 bridgehead atoms. The standard InChI is InChI=1S/C21H19FN4O3S/c1-13(27)23-20-24-26(14(2)28)21(30-20)17-12-16(22)8-9-18(17)25(19(21)29)11-10-15-6-4-3-5-7-15/h3-9,12H,10-11H2,1-2H3,(H,23,24,27)/t21-/m1/s1. The lowest BCUT2D eigenvalue weighted by molar-refractivity contribution is -0.139. The Morgan fingerprint density at radius 2 is 1.90 bits per heavy atom. The molecule has 2 aliphatic rings. The molecule has 0 saturated heterocycles. The molecule has 9 heteroatoms. The number of halogens is 1. The molecule has 2 aromatic rings. The number of carbonyl (C=O) groups excluding carboxylic acids is 3. The summed E-state index contributed by atoms with van der Waals surface area (Å²) in [4.78, 5) is 37.5. The Hall–Kier alpha value is -3.20. The van der Waals surface area contributed by atoms with E-state index in [1.807, 2.05) is 30.3 Å². The third-order valence-electron chi connectivity index (χ3n) is 4.93. The van der Waals surface area contributed by atoms with Gasteiger partial charge < -0.3 is 10.2 Å². The molecule has 154 valence electrons. The van der Waals surface area contributed by atoms with Gasteiger partial charge >= 0.3 is 0 Å². The van der Waals surface area contributed by atoms with Gasteiger partial charge in [0.1, 0.15) is 5.82 Å². The fraction of sp³-hybridized carbons (Fsp3) is 0.238. The van der Waals surface area contributed by atoms with Gasteiger partial charge in [0, 0.05) is 26.0 Å². The summed E-state index contributed by atoms with van der Waals surface area (Å²) in [5.74, 6) is -1.80. The predicted octanol–water partition coefficient (Wildman–Crippen LogP) is 2.57. The number of hydrazone groups is 1. The van der Waals surface area contributed by atoms with Crippen molar-refractivity contribution in [2.45, 2.75) is 25.1 Å². The van der Waals surface area contributed by atoms with Gasteiger partial charge in [0.25, 0.3) is 5.91 Å². The molecular formula is C21H19FN4O3S. The van der Waals surface area contributed by atoms with Gasteiger partial charge in [-0.1, -0.05) is 30.3 Å². The second-order valence-electron chi connectivity index (χ2n) is 7.02. The Balaban J connectivity index is 1.75. The Labute approximate surface area is 176 Å². The van der Waals surface area contributed by atoms with Crippen molar-refractivity contribution in [3.05, 3.63) is 65.5 Å². The molecule has 1 spiro atoms. The lowest BCUT2D eigenvalue weighted by Crippen LogP contribution is -2.49. The Bertz CT molecular complexity index is 1080. The molecule has 0 aromatic heterocycles. The number of benzene rings is 2. The van der Waals surface area contributed by atoms with E-state index >= 15 is 0 Å². The third-order valence-corrected chi connectivity index (χ3v) is 6.17. The average Bonchev–Trinajstić information content (AvgIpc) is 3.18. The number of carbonyl (C=O) groups is 3. The number of amidine groups is 1. The van der Waals surface area contributed by atoms with Crippen LogP contribution in [0.4, 0.5) is 10.1 Å². The van der Waals surface area contributed by atoms with Crippen LogP contribution in [0.3, 0.4) is 0 Å². The van der Waals surface area contributed by atoms with Crippen molar-refractivity contribution in [3.8, 4) is 0 Å². The predicted molar refractivity (Wildman–Crippen MR) is 112 cm³/mol. The van der Waals surface area contributed by atoms with Crippen molar-refractivity contribution in [3.63, 3.8) is 0 Å². The molecule has 2 aliphatic heterocycles. The summed E-state index contributed by atoms with van der Waals surface area (Å²) in [6, 6.07) is 13.8. The molecule has 30 heavy (non-hydrogen) atoms. The Kier molecular flexibility index (Phi) is 5.07. The van der Waals surface area contributed by atoms with Gasteiger partial charge in [0.05, 0.1) is 5.69 Å². The minimum atomic E-state index is -1.59. The lowest BCUT2D eigenvalue weighted by atomic mass is 10.1. The van der Waals surface area contributed by atoms with Crippen LogP contribution in [0, 0.1) is 5.82 Å². The molecule has 1 atom stereocenters. The highest BCUT2D eigenvalue weighted by molar-refractivity contribution is 8.15. The largest absolute Gasteiger partial charge is 0.308 e.